The van der Waals surface area contributed by atoms with Gasteiger partial charge in [0.25, 0.3) is 0 Å². The molecule has 0 saturated carbocycles. The van der Waals surface area contributed by atoms with Crippen molar-refractivity contribution < 1.29 is 15.6 Å². The van der Waals surface area contributed by atoms with Gasteiger partial charge in [-0.25, -0.2) is 0 Å². The maximum Gasteiger partial charge on any atom is 0.248 e. The van der Waals surface area contributed by atoms with Gasteiger partial charge in [-0.1, -0.05) is 30.3 Å². The van der Waals surface area contributed by atoms with Crippen molar-refractivity contribution in [1.82, 2.24) is 39.6 Å². The lowest BCUT2D eigenvalue weighted by molar-refractivity contribution is -0.111. The Kier molecular flexibility index (Phi) is 16.7. The van der Waals surface area contributed by atoms with Crippen molar-refractivity contribution in [2.45, 2.75) is 38.5 Å². The molecule has 15 N–H and O–H groups in total. The Morgan fingerprint density at radius 3 is 1.86 bits per heavy atom. The minimum Gasteiger partial charge on any atom is -0.506 e. The first-order valence-corrected chi connectivity index (χ1v) is 13.0. The molecule has 0 aliphatic carbocycles. The van der Waals surface area contributed by atoms with Gasteiger partial charge in [-0.3, -0.25) is 4.79 Å². The van der Waals surface area contributed by atoms with Crippen molar-refractivity contribution in [3.8, 4) is 5.75 Å². The topological polar surface area (TPSA) is 247 Å². The number of benzene rings is 2. The minimum atomic E-state index is -0.324. The number of phenols is 1. The number of carbonyl (C=O) groups is 1. The molecular weight excluding hydrogens is 558 g/mol. The molecular formula is C28H54ClN11O2. The normalized spacial score (nSPS) is 14.2. The summed E-state index contributed by atoms with van der Waals surface area (Å²) in [5.41, 5.74) is 1.87. The summed E-state index contributed by atoms with van der Waals surface area (Å²) in [6, 6.07) is 14.6. The molecule has 2 aliphatic heterocycles. The number of halogens is 1. The highest BCUT2D eigenvalue weighted by atomic mass is 35.5. The number of phenolic OH excluding ortho intramolecular Hbond substituents is 1. The lowest BCUT2D eigenvalue weighted by atomic mass is 10.1. The van der Waals surface area contributed by atoms with Crippen molar-refractivity contribution in [3.63, 3.8) is 0 Å². The Hall–Kier alpha value is -4.01. The monoisotopic (exact) mass is 611 g/mol. The summed E-state index contributed by atoms with van der Waals surface area (Å²) in [5.74, 6) is 1.45. The smallest absolute Gasteiger partial charge is 0.248 e. The van der Waals surface area contributed by atoms with Crippen LogP contribution in [0.15, 0.2) is 54.6 Å². The molecule has 2 aromatic carbocycles. The zero-order valence-corrected chi connectivity index (χ0v) is 25.0. The van der Waals surface area contributed by atoms with Gasteiger partial charge in [-0.05, 0) is 62.3 Å². The first-order chi connectivity index (χ1) is 18.1. The number of aromatic hydroxyl groups is 1. The van der Waals surface area contributed by atoms with E-state index in [1.807, 2.05) is 30.3 Å². The van der Waals surface area contributed by atoms with Crippen LogP contribution in [0, 0.1) is 0 Å². The van der Waals surface area contributed by atoms with E-state index >= 15 is 0 Å². The standard InChI is InChI=1S/C28H33N7O2.ClH.4H3N.4H2/c36-24-20-22(13-14-23(24)30-25(37)15-12-21-10-4-1-5-11-21)29-26-31-27(34-16-6-2-7-17-34)33-28(32-26)35-18-8-3-9-19-35;;;;;;;;;/h1,4-5,10-15,20,36H,2-3,6-9,16-19H2,(H,30,37)(H,29,31,32,33);1H;4*1H3;4*1H/b15-12+;;;;;;;;;. The SMILES string of the molecule is Cl.N.N.N.N.O=C(/C=C/c1ccccc1)Nc1ccc(Nc2nc(N3CCCCC3)nc(N3CCCCC3)n2)cc1O.[HH].[HH].[HH].[HH]. The highest BCUT2D eigenvalue weighted by molar-refractivity contribution is 6.02. The first kappa shape index (κ1) is 38.0. The third kappa shape index (κ3) is 10.1. The number of aromatic nitrogens is 3. The average molecular weight is 612 g/mol. The van der Waals surface area contributed by atoms with E-state index in [0.717, 1.165) is 57.4 Å². The summed E-state index contributed by atoms with van der Waals surface area (Å²) in [6.07, 6.45) is 10.2. The van der Waals surface area contributed by atoms with Crippen LogP contribution in [0.25, 0.3) is 6.08 Å². The van der Waals surface area contributed by atoms with Crippen molar-refractivity contribution in [2.75, 3.05) is 46.6 Å². The number of piperidine rings is 2. The van der Waals surface area contributed by atoms with E-state index in [0.29, 0.717) is 29.2 Å². The second-order valence-electron chi connectivity index (χ2n) is 9.44. The Labute approximate surface area is 259 Å². The molecule has 240 valence electrons. The van der Waals surface area contributed by atoms with E-state index < -0.39 is 0 Å². The van der Waals surface area contributed by atoms with Crippen LogP contribution in [0.4, 0.5) is 29.2 Å². The Morgan fingerprint density at radius 2 is 1.33 bits per heavy atom. The lowest BCUT2D eigenvalue weighted by Crippen LogP contribution is -2.34. The number of anilines is 5. The van der Waals surface area contributed by atoms with E-state index in [-0.39, 0.29) is 54.4 Å². The maximum absolute atomic E-state index is 12.3. The van der Waals surface area contributed by atoms with Crippen LogP contribution in [0.2, 0.25) is 0 Å². The number of nitrogens with zero attached hydrogens (tertiary/aromatic N) is 5. The van der Waals surface area contributed by atoms with Gasteiger partial charge in [0.15, 0.2) is 0 Å². The fourth-order valence-electron chi connectivity index (χ4n) is 4.64. The van der Waals surface area contributed by atoms with E-state index in [9.17, 15) is 9.90 Å². The molecule has 2 fully saturated rings. The summed E-state index contributed by atoms with van der Waals surface area (Å²) >= 11 is 0. The van der Waals surface area contributed by atoms with Gasteiger partial charge in [0.05, 0.1) is 5.69 Å². The highest BCUT2D eigenvalue weighted by Gasteiger charge is 2.20. The predicted octanol–water partition coefficient (Wildman–Crippen LogP) is 7.01. The summed E-state index contributed by atoms with van der Waals surface area (Å²) < 4.78 is 0. The quantitative estimate of drug-likeness (QED) is 0.105. The van der Waals surface area contributed by atoms with Crippen LogP contribution in [0.5, 0.6) is 5.75 Å². The zero-order valence-electron chi connectivity index (χ0n) is 24.2. The van der Waals surface area contributed by atoms with Gasteiger partial charge in [0.2, 0.25) is 23.8 Å². The summed E-state index contributed by atoms with van der Waals surface area (Å²) in [7, 11) is 0. The number of rotatable bonds is 7. The van der Waals surface area contributed by atoms with Crippen molar-refractivity contribution in [1.29, 1.82) is 0 Å². The second kappa shape index (κ2) is 18.4. The van der Waals surface area contributed by atoms with Crippen LogP contribution >= 0.6 is 12.4 Å². The third-order valence-corrected chi connectivity index (χ3v) is 6.63. The Bertz CT molecular complexity index is 1240. The van der Waals surface area contributed by atoms with E-state index in [2.05, 4.69) is 20.4 Å². The molecule has 3 heterocycles. The predicted molar refractivity (Wildman–Crippen MR) is 183 cm³/mol. The molecule has 42 heavy (non-hydrogen) atoms. The van der Waals surface area contributed by atoms with Gasteiger partial charge < -0.3 is 50.1 Å². The van der Waals surface area contributed by atoms with Crippen LogP contribution in [0.3, 0.4) is 0 Å². The van der Waals surface area contributed by atoms with Crippen LogP contribution in [-0.2, 0) is 4.79 Å². The van der Waals surface area contributed by atoms with Gasteiger partial charge >= 0.3 is 0 Å². The third-order valence-electron chi connectivity index (χ3n) is 6.63. The summed E-state index contributed by atoms with van der Waals surface area (Å²) in [5, 5.41) is 16.5. The second-order valence-corrected chi connectivity index (χ2v) is 9.44. The molecule has 0 bridgehead atoms. The van der Waals surface area contributed by atoms with Gasteiger partial charge in [-0.2, -0.15) is 15.0 Å². The van der Waals surface area contributed by atoms with E-state index in [4.69, 9.17) is 15.0 Å². The van der Waals surface area contributed by atoms with E-state index in [1.165, 1.54) is 18.9 Å². The largest absolute Gasteiger partial charge is 0.506 e. The van der Waals surface area contributed by atoms with Crippen molar-refractivity contribution in [3.05, 3.63) is 60.2 Å². The number of carbonyl (C=O) groups excluding carboxylic acids is 1. The fraction of sp³-hybridized carbons (Fsp3) is 0.357. The van der Waals surface area contributed by atoms with Crippen molar-refractivity contribution >= 4 is 53.6 Å². The fourth-order valence-corrected chi connectivity index (χ4v) is 4.64. The molecule has 0 atom stereocenters. The first-order valence-electron chi connectivity index (χ1n) is 13.0. The van der Waals surface area contributed by atoms with Gasteiger partial charge in [0, 0.05) is 49.7 Å². The molecule has 0 spiro atoms. The molecule has 2 aliphatic rings. The summed E-state index contributed by atoms with van der Waals surface area (Å²) in [4.78, 5) is 31.0. The van der Waals surface area contributed by atoms with Crippen LogP contribution in [0.1, 0.15) is 49.8 Å². The summed E-state index contributed by atoms with van der Waals surface area (Å²) in [6.45, 7) is 3.77. The molecule has 1 aromatic heterocycles. The zero-order chi connectivity index (χ0) is 25.5. The number of nitrogens with one attached hydrogen (secondary N) is 2. The molecule has 5 rings (SSSR count). The van der Waals surface area contributed by atoms with Crippen molar-refractivity contribution in [2.24, 2.45) is 0 Å². The maximum atomic E-state index is 12.3. The molecule has 1 amide bonds. The Balaban J connectivity index is -0.000000623. The number of hydrogen-bond donors (Lipinski definition) is 7. The average Bonchev–Trinajstić information content (AvgIpc) is 2.95. The van der Waals surface area contributed by atoms with Crippen LogP contribution in [-0.4, -0.2) is 52.1 Å². The molecule has 13 nitrogen and oxygen atoms in total. The molecule has 0 radical (unpaired) electrons. The van der Waals surface area contributed by atoms with Gasteiger partial charge in [0.1, 0.15) is 5.75 Å². The highest BCUT2D eigenvalue weighted by Crippen LogP contribution is 2.29. The van der Waals surface area contributed by atoms with E-state index in [1.54, 1.807) is 24.3 Å². The molecule has 3 aromatic rings. The van der Waals surface area contributed by atoms with Gasteiger partial charge in [-0.15, -0.1) is 12.4 Å². The number of amides is 1. The molecule has 2 saturated heterocycles. The lowest BCUT2D eigenvalue weighted by Gasteiger charge is -2.30. The molecule has 14 heteroatoms. The number of hydrogen-bond acceptors (Lipinski definition) is 12. The minimum absolute atomic E-state index is 0. The molecule has 0 unspecified atom stereocenters. The van der Waals surface area contributed by atoms with Crippen LogP contribution < -0.4 is 45.0 Å². The Morgan fingerprint density at radius 1 is 0.786 bits per heavy atom.